The molecule has 0 aromatic heterocycles. The molecule has 0 aromatic rings. The normalized spacial score (nSPS) is 32.2. The van der Waals surface area contributed by atoms with Crippen molar-refractivity contribution in [2.75, 3.05) is 43.9 Å². The van der Waals surface area contributed by atoms with Crippen LogP contribution in [0.1, 0.15) is 19.3 Å². The lowest BCUT2D eigenvalue weighted by molar-refractivity contribution is 0.0992. The van der Waals surface area contributed by atoms with E-state index in [4.69, 9.17) is 4.74 Å². The molecule has 0 amide bonds. The number of nitrogens with zero attached hydrogens (tertiary/aromatic N) is 2. The standard InChI is InChI=1S/C14H26N4O3S2/c1-15-14(17-12-10-11-2-3-13(12)21-11)16-4-9-23(19,20)18-5-7-22-8-6-18/h11-13H,2-10H2,1H3,(H2,15,16,17). The quantitative estimate of drug-likeness (QED) is 0.523. The van der Waals surface area contributed by atoms with Crippen molar-refractivity contribution in [2.45, 2.75) is 37.5 Å². The van der Waals surface area contributed by atoms with E-state index in [9.17, 15) is 8.42 Å². The van der Waals surface area contributed by atoms with Gasteiger partial charge in [0.1, 0.15) is 0 Å². The van der Waals surface area contributed by atoms with Crippen molar-refractivity contribution in [3.05, 3.63) is 0 Å². The highest BCUT2D eigenvalue weighted by Gasteiger charge is 2.41. The van der Waals surface area contributed by atoms with E-state index >= 15 is 0 Å². The molecular weight excluding hydrogens is 336 g/mol. The number of rotatable bonds is 5. The van der Waals surface area contributed by atoms with Crippen molar-refractivity contribution >= 4 is 27.7 Å². The molecule has 3 fully saturated rings. The highest BCUT2D eigenvalue weighted by Crippen LogP contribution is 2.34. The van der Waals surface area contributed by atoms with E-state index in [1.54, 1.807) is 11.4 Å². The number of sulfonamides is 1. The molecule has 0 spiro atoms. The van der Waals surface area contributed by atoms with Crippen molar-refractivity contribution in [2.24, 2.45) is 4.99 Å². The zero-order valence-corrected chi connectivity index (χ0v) is 15.2. The minimum absolute atomic E-state index is 0.103. The molecule has 3 aliphatic heterocycles. The molecule has 0 radical (unpaired) electrons. The highest BCUT2D eigenvalue weighted by molar-refractivity contribution is 7.99. The van der Waals surface area contributed by atoms with E-state index in [0.717, 1.165) is 30.8 Å². The third-order valence-corrected chi connectivity index (χ3v) is 7.48. The second kappa shape index (κ2) is 7.58. The van der Waals surface area contributed by atoms with Gasteiger partial charge in [0.15, 0.2) is 5.96 Å². The van der Waals surface area contributed by atoms with Gasteiger partial charge in [0, 0.05) is 38.2 Å². The SMILES string of the molecule is CN=C(NCCS(=O)(=O)N1CCSCC1)NC1CC2CCC1O2. The van der Waals surface area contributed by atoms with E-state index < -0.39 is 10.0 Å². The maximum atomic E-state index is 12.3. The van der Waals surface area contributed by atoms with Gasteiger partial charge < -0.3 is 15.4 Å². The molecule has 3 heterocycles. The Bertz CT molecular complexity index is 534. The Morgan fingerprint density at radius 3 is 2.74 bits per heavy atom. The predicted octanol–water partition coefficient (Wildman–Crippen LogP) is -0.150. The summed E-state index contributed by atoms with van der Waals surface area (Å²) in [5, 5.41) is 6.49. The van der Waals surface area contributed by atoms with E-state index in [1.807, 2.05) is 11.8 Å². The summed E-state index contributed by atoms with van der Waals surface area (Å²) >= 11 is 1.81. The Kier molecular flexibility index (Phi) is 5.71. The number of nitrogens with one attached hydrogen (secondary N) is 2. The average Bonchev–Trinajstić information content (AvgIpc) is 3.17. The van der Waals surface area contributed by atoms with Gasteiger partial charge in [-0.05, 0) is 19.3 Å². The second-order valence-corrected chi connectivity index (χ2v) is 9.50. The summed E-state index contributed by atoms with van der Waals surface area (Å²) < 4.78 is 32.0. The van der Waals surface area contributed by atoms with Crippen LogP contribution in [0.5, 0.6) is 0 Å². The lowest BCUT2D eigenvalue weighted by atomic mass is 9.96. The first-order valence-electron chi connectivity index (χ1n) is 8.27. The van der Waals surface area contributed by atoms with Gasteiger partial charge in [-0.25, -0.2) is 12.7 Å². The Hall–Kier alpha value is -0.510. The molecular formula is C14H26N4O3S2. The Morgan fingerprint density at radius 2 is 2.13 bits per heavy atom. The number of ether oxygens (including phenoxy) is 1. The average molecular weight is 363 g/mol. The second-order valence-electron chi connectivity index (χ2n) is 6.19. The number of fused-ring (bicyclic) bond motifs is 2. The molecule has 23 heavy (non-hydrogen) atoms. The molecule has 132 valence electrons. The van der Waals surface area contributed by atoms with Crippen molar-refractivity contribution < 1.29 is 13.2 Å². The van der Waals surface area contributed by atoms with Gasteiger partial charge in [0.05, 0.1) is 24.0 Å². The molecule has 2 N–H and O–H groups in total. The van der Waals surface area contributed by atoms with E-state index in [2.05, 4.69) is 15.6 Å². The lowest BCUT2D eigenvalue weighted by Crippen LogP contribution is -2.49. The summed E-state index contributed by atoms with van der Waals surface area (Å²) in [7, 11) is -1.46. The fourth-order valence-corrected chi connectivity index (χ4v) is 5.90. The molecule has 0 aliphatic carbocycles. The summed E-state index contributed by atoms with van der Waals surface area (Å²) in [4.78, 5) is 4.19. The molecule has 3 atom stereocenters. The summed E-state index contributed by atoms with van der Waals surface area (Å²) in [6.45, 7) is 1.62. The van der Waals surface area contributed by atoms with E-state index in [-0.39, 0.29) is 17.9 Å². The lowest BCUT2D eigenvalue weighted by Gasteiger charge is -2.26. The van der Waals surface area contributed by atoms with Gasteiger partial charge in [-0.2, -0.15) is 11.8 Å². The maximum Gasteiger partial charge on any atom is 0.215 e. The fourth-order valence-electron chi connectivity index (χ4n) is 3.41. The molecule has 3 unspecified atom stereocenters. The zero-order valence-electron chi connectivity index (χ0n) is 13.5. The van der Waals surface area contributed by atoms with Crippen LogP contribution in [0.3, 0.4) is 0 Å². The zero-order chi connectivity index (χ0) is 16.3. The first-order valence-corrected chi connectivity index (χ1v) is 11.0. The molecule has 3 saturated heterocycles. The van der Waals surface area contributed by atoms with Crippen molar-refractivity contribution in [1.29, 1.82) is 0 Å². The molecule has 9 heteroatoms. The number of guanidine groups is 1. The van der Waals surface area contributed by atoms with Gasteiger partial charge in [0.25, 0.3) is 0 Å². The summed E-state index contributed by atoms with van der Waals surface area (Å²) in [5.74, 6) is 2.54. The number of aliphatic imine (C=N–C) groups is 1. The third kappa shape index (κ3) is 4.32. The van der Waals surface area contributed by atoms with Crippen molar-refractivity contribution in [3.63, 3.8) is 0 Å². The van der Waals surface area contributed by atoms with Crippen LogP contribution in [-0.2, 0) is 14.8 Å². The maximum absolute atomic E-state index is 12.3. The number of hydrogen-bond acceptors (Lipinski definition) is 5. The van der Waals surface area contributed by atoms with Crippen LogP contribution in [0.15, 0.2) is 4.99 Å². The Labute approximate surface area is 142 Å². The first-order chi connectivity index (χ1) is 11.1. The summed E-state index contributed by atoms with van der Waals surface area (Å²) in [6, 6.07) is 0.288. The molecule has 7 nitrogen and oxygen atoms in total. The van der Waals surface area contributed by atoms with Crippen molar-refractivity contribution in [1.82, 2.24) is 14.9 Å². The topological polar surface area (TPSA) is 83.0 Å². The Balaban J connectivity index is 1.43. The fraction of sp³-hybridized carbons (Fsp3) is 0.929. The third-order valence-electron chi connectivity index (χ3n) is 4.67. The van der Waals surface area contributed by atoms with Gasteiger partial charge in [-0.3, -0.25) is 4.99 Å². The van der Waals surface area contributed by atoms with Gasteiger partial charge in [-0.1, -0.05) is 0 Å². The van der Waals surface area contributed by atoms with Gasteiger partial charge in [0.2, 0.25) is 10.0 Å². The first kappa shape index (κ1) is 17.3. The number of hydrogen-bond donors (Lipinski definition) is 2. The largest absolute Gasteiger partial charge is 0.373 e. The summed E-state index contributed by atoms with van der Waals surface area (Å²) in [6.07, 6.45) is 3.91. The summed E-state index contributed by atoms with van der Waals surface area (Å²) in [5.41, 5.74) is 0. The van der Waals surface area contributed by atoms with E-state index in [1.165, 1.54) is 0 Å². The van der Waals surface area contributed by atoms with Crippen LogP contribution in [0.25, 0.3) is 0 Å². The van der Waals surface area contributed by atoms with Crippen LogP contribution >= 0.6 is 11.8 Å². The molecule has 0 aromatic carbocycles. The Morgan fingerprint density at radius 1 is 1.35 bits per heavy atom. The van der Waals surface area contributed by atoms with Crippen LogP contribution in [0.4, 0.5) is 0 Å². The minimum atomic E-state index is -3.17. The van der Waals surface area contributed by atoms with Gasteiger partial charge >= 0.3 is 0 Å². The molecule has 3 aliphatic rings. The van der Waals surface area contributed by atoms with Crippen LogP contribution in [0, 0.1) is 0 Å². The van der Waals surface area contributed by atoms with E-state index in [0.29, 0.717) is 31.7 Å². The predicted molar refractivity (Wildman–Crippen MR) is 93.5 cm³/mol. The van der Waals surface area contributed by atoms with Crippen LogP contribution < -0.4 is 10.6 Å². The van der Waals surface area contributed by atoms with Crippen LogP contribution in [0.2, 0.25) is 0 Å². The highest BCUT2D eigenvalue weighted by atomic mass is 32.2. The van der Waals surface area contributed by atoms with Gasteiger partial charge in [-0.15, -0.1) is 0 Å². The molecule has 0 saturated carbocycles. The number of thioether (sulfide) groups is 1. The smallest absolute Gasteiger partial charge is 0.215 e. The monoisotopic (exact) mass is 362 g/mol. The molecule has 3 rings (SSSR count). The molecule has 2 bridgehead atoms. The van der Waals surface area contributed by atoms with Crippen molar-refractivity contribution in [3.8, 4) is 0 Å². The van der Waals surface area contributed by atoms with Crippen LogP contribution in [-0.4, -0.2) is 80.9 Å². The minimum Gasteiger partial charge on any atom is -0.373 e.